The Kier molecular flexibility index (Phi) is 6.04. The molecule has 0 saturated carbocycles. The predicted molar refractivity (Wildman–Crippen MR) is 72.8 cm³/mol. The lowest BCUT2D eigenvalue weighted by Gasteiger charge is -2.16. The van der Waals surface area contributed by atoms with Crippen molar-refractivity contribution in [2.24, 2.45) is 11.8 Å². The van der Waals surface area contributed by atoms with E-state index in [9.17, 15) is 9.59 Å². The van der Waals surface area contributed by atoms with Crippen LogP contribution in [0.2, 0.25) is 0 Å². The molecule has 1 heterocycles. The molecule has 0 spiro atoms. The minimum absolute atomic E-state index is 0.0170. The zero-order chi connectivity index (χ0) is 13.5. The molecule has 2 unspecified atom stereocenters. The van der Waals surface area contributed by atoms with Gasteiger partial charge in [0.25, 0.3) is 0 Å². The third-order valence-electron chi connectivity index (χ3n) is 2.98. The van der Waals surface area contributed by atoms with Gasteiger partial charge in [0.1, 0.15) is 0 Å². The summed E-state index contributed by atoms with van der Waals surface area (Å²) in [6.07, 6.45) is 1.83. The highest BCUT2D eigenvalue weighted by Crippen LogP contribution is 2.22. The van der Waals surface area contributed by atoms with E-state index in [0.29, 0.717) is 19.6 Å². The molecule has 102 valence electrons. The second kappa shape index (κ2) is 7.31. The number of carbonyl (C=O) groups is 2. The van der Waals surface area contributed by atoms with E-state index in [1.807, 2.05) is 13.0 Å². The van der Waals surface area contributed by atoms with Crippen molar-refractivity contribution >= 4 is 23.8 Å². The van der Waals surface area contributed by atoms with Crippen LogP contribution in [0.15, 0.2) is 12.7 Å². The number of urea groups is 1. The quantitative estimate of drug-likeness (QED) is 0.564. The number of nitrogens with zero attached hydrogens (tertiary/aromatic N) is 1. The molecule has 0 aromatic rings. The van der Waals surface area contributed by atoms with E-state index in [1.165, 1.54) is 0 Å². The van der Waals surface area contributed by atoms with Crippen LogP contribution < -0.4 is 5.32 Å². The van der Waals surface area contributed by atoms with Crippen LogP contribution in [0.3, 0.4) is 0 Å². The van der Waals surface area contributed by atoms with Crippen molar-refractivity contribution in [1.82, 2.24) is 10.2 Å². The minimum atomic E-state index is -0.820. The van der Waals surface area contributed by atoms with Gasteiger partial charge in [0.15, 0.2) is 0 Å². The van der Waals surface area contributed by atoms with E-state index in [-0.39, 0.29) is 11.9 Å². The predicted octanol–water partition coefficient (Wildman–Crippen LogP) is 1.27. The van der Waals surface area contributed by atoms with Crippen molar-refractivity contribution < 1.29 is 14.7 Å². The van der Waals surface area contributed by atoms with Gasteiger partial charge < -0.3 is 15.3 Å². The molecule has 1 aliphatic heterocycles. The number of hydrogen-bond donors (Lipinski definition) is 2. The Balaban J connectivity index is 2.27. The Morgan fingerprint density at radius 2 is 2.28 bits per heavy atom. The molecular formula is C12H20N2O3S. The SMILES string of the molecule is C=CCSCCNC(=O)N1CC(C)C(C(=O)O)C1. The van der Waals surface area contributed by atoms with Gasteiger partial charge in [0.2, 0.25) is 0 Å². The normalized spacial score (nSPS) is 22.8. The van der Waals surface area contributed by atoms with Crippen LogP contribution in [0, 0.1) is 11.8 Å². The number of thioether (sulfide) groups is 1. The van der Waals surface area contributed by atoms with Crippen molar-refractivity contribution in [2.45, 2.75) is 6.92 Å². The summed E-state index contributed by atoms with van der Waals surface area (Å²) in [5.41, 5.74) is 0. The van der Waals surface area contributed by atoms with Gasteiger partial charge >= 0.3 is 12.0 Å². The Morgan fingerprint density at radius 1 is 1.56 bits per heavy atom. The first-order valence-corrected chi connectivity index (χ1v) is 7.16. The third-order valence-corrected chi connectivity index (χ3v) is 3.94. The number of likely N-dealkylation sites (tertiary alicyclic amines) is 1. The maximum Gasteiger partial charge on any atom is 0.317 e. The molecule has 0 bridgehead atoms. The standard InChI is InChI=1S/C12H20N2O3S/c1-3-5-18-6-4-13-12(17)14-7-9(2)10(8-14)11(15)16/h3,9-10H,1,4-8H2,2H3,(H,13,17)(H,15,16). The first kappa shape index (κ1) is 14.9. The molecule has 0 aliphatic carbocycles. The van der Waals surface area contributed by atoms with Crippen LogP contribution in [-0.2, 0) is 4.79 Å². The lowest BCUT2D eigenvalue weighted by atomic mass is 9.99. The first-order valence-electron chi connectivity index (χ1n) is 6.00. The zero-order valence-corrected chi connectivity index (χ0v) is 11.4. The van der Waals surface area contributed by atoms with Crippen LogP contribution in [0.5, 0.6) is 0 Å². The minimum Gasteiger partial charge on any atom is -0.481 e. The lowest BCUT2D eigenvalue weighted by molar-refractivity contribution is -0.142. The topological polar surface area (TPSA) is 69.6 Å². The molecular weight excluding hydrogens is 252 g/mol. The van der Waals surface area contributed by atoms with Crippen LogP contribution in [0.4, 0.5) is 4.79 Å². The highest BCUT2D eigenvalue weighted by Gasteiger charge is 2.36. The molecule has 0 aromatic carbocycles. The van der Waals surface area contributed by atoms with Crippen LogP contribution in [0.1, 0.15) is 6.92 Å². The molecule has 18 heavy (non-hydrogen) atoms. The van der Waals surface area contributed by atoms with E-state index in [0.717, 1.165) is 11.5 Å². The molecule has 1 saturated heterocycles. The average Bonchev–Trinajstić information content (AvgIpc) is 2.71. The fourth-order valence-corrected chi connectivity index (χ4v) is 2.54. The van der Waals surface area contributed by atoms with E-state index in [2.05, 4.69) is 11.9 Å². The highest BCUT2D eigenvalue weighted by atomic mass is 32.2. The van der Waals surface area contributed by atoms with Gasteiger partial charge in [-0.15, -0.1) is 6.58 Å². The summed E-state index contributed by atoms with van der Waals surface area (Å²) in [4.78, 5) is 24.3. The number of carbonyl (C=O) groups excluding carboxylic acids is 1. The van der Waals surface area contributed by atoms with Gasteiger partial charge in [-0.2, -0.15) is 11.8 Å². The first-order chi connectivity index (χ1) is 8.56. The van der Waals surface area contributed by atoms with Crippen molar-refractivity contribution in [3.05, 3.63) is 12.7 Å². The summed E-state index contributed by atoms with van der Waals surface area (Å²) in [6, 6.07) is -0.162. The van der Waals surface area contributed by atoms with Gasteiger partial charge in [0, 0.05) is 31.1 Å². The van der Waals surface area contributed by atoms with Crippen molar-refractivity contribution in [2.75, 3.05) is 31.1 Å². The Labute approximate surface area is 112 Å². The van der Waals surface area contributed by atoms with Crippen molar-refractivity contribution in [3.8, 4) is 0 Å². The number of hydrogen-bond acceptors (Lipinski definition) is 3. The molecule has 2 atom stereocenters. The number of amides is 2. The number of rotatable bonds is 6. The number of carboxylic acids is 1. The van der Waals surface area contributed by atoms with E-state index < -0.39 is 11.9 Å². The monoisotopic (exact) mass is 272 g/mol. The van der Waals surface area contributed by atoms with Gasteiger partial charge in [0.05, 0.1) is 5.92 Å². The molecule has 1 aliphatic rings. The van der Waals surface area contributed by atoms with Crippen molar-refractivity contribution in [1.29, 1.82) is 0 Å². The Hall–Kier alpha value is -1.17. The van der Waals surface area contributed by atoms with Gasteiger partial charge in [-0.25, -0.2) is 4.79 Å². The smallest absolute Gasteiger partial charge is 0.317 e. The molecule has 2 N–H and O–H groups in total. The number of aliphatic carboxylic acids is 1. The van der Waals surface area contributed by atoms with Crippen LogP contribution in [-0.4, -0.2) is 53.1 Å². The largest absolute Gasteiger partial charge is 0.481 e. The molecule has 0 radical (unpaired) electrons. The van der Waals surface area contributed by atoms with E-state index >= 15 is 0 Å². The summed E-state index contributed by atoms with van der Waals surface area (Å²) in [5.74, 6) is 0.468. The Morgan fingerprint density at radius 3 is 2.83 bits per heavy atom. The highest BCUT2D eigenvalue weighted by molar-refractivity contribution is 7.99. The van der Waals surface area contributed by atoms with Gasteiger partial charge in [-0.05, 0) is 5.92 Å². The molecule has 1 rings (SSSR count). The molecule has 0 aromatic heterocycles. The molecule has 5 nitrogen and oxygen atoms in total. The fraction of sp³-hybridized carbons (Fsp3) is 0.667. The second-order valence-corrected chi connectivity index (χ2v) is 5.57. The number of nitrogens with one attached hydrogen (secondary N) is 1. The van der Waals surface area contributed by atoms with Gasteiger partial charge in [-0.3, -0.25) is 4.79 Å². The van der Waals surface area contributed by atoms with Crippen molar-refractivity contribution in [3.63, 3.8) is 0 Å². The Bertz CT molecular complexity index is 322. The van der Waals surface area contributed by atoms with Crippen LogP contribution in [0.25, 0.3) is 0 Å². The lowest BCUT2D eigenvalue weighted by Crippen LogP contribution is -2.40. The number of carboxylic acid groups (broad SMARTS) is 1. The van der Waals surface area contributed by atoms with Gasteiger partial charge in [-0.1, -0.05) is 13.0 Å². The summed E-state index contributed by atoms with van der Waals surface area (Å²) in [5, 5.41) is 11.8. The summed E-state index contributed by atoms with van der Waals surface area (Å²) in [7, 11) is 0. The van der Waals surface area contributed by atoms with E-state index in [4.69, 9.17) is 5.11 Å². The molecule has 1 fully saturated rings. The van der Waals surface area contributed by atoms with Crippen LogP contribution >= 0.6 is 11.8 Å². The molecule has 2 amide bonds. The molecule has 6 heteroatoms. The second-order valence-electron chi connectivity index (χ2n) is 4.42. The average molecular weight is 272 g/mol. The maximum absolute atomic E-state index is 11.8. The fourth-order valence-electron chi connectivity index (χ4n) is 1.96. The third kappa shape index (κ3) is 4.25. The maximum atomic E-state index is 11.8. The summed E-state index contributed by atoms with van der Waals surface area (Å²) in [6.45, 7) is 6.91. The summed E-state index contributed by atoms with van der Waals surface area (Å²) >= 11 is 1.70. The summed E-state index contributed by atoms with van der Waals surface area (Å²) < 4.78 is 0. The van der Waals surface area contributed by atoms with E-state index in [1.54, 1.807) is 16.7 Å². The zero-order valence-electron chi connectivity index (χ0n) is 10.6.